The average Bonchev–Trinajstić information content (AvgIpc) is 3.01. The number of benzene rings is 1. The molecule has 6 heteroatoms. The summed E-state index contributed by atoms with van der Waals surface area (Å²) < 4.78 is 12.8. The lowest BCUT2D eigenvalue weighted by molar-refractivity contribution is 0.198. The Kier molecular flexibility index (Phi) is 3.44. The molecule has 0 radical (unpaired) electrons. The molecule has 19 heavy (non-hydrogen) atoms. The van der Waals surface area contributed by atoms with E-state index in [2.05, 4.69) is 15.1 Å². The minimum atomic E-state index is -0.260. The molecule has 4 nitrogen and oxygen atoms in total. The highest BCUT2D eigenvalue weighted by Crippen LogP contribution is 2.25. The monoisotopic (exact) mass is 279 g/mol. The first-order valence-corrected chi connectivity index (χ1v) is 7.02. The topological polar surface area (TPSA) is 49.2 Å². The normalized spacial score (nSPS) is 19.1. The Labute approximate surface area is 114 Å². The van der Waals surface area contributed by atoms with Crippen LogP contribution in [0.4, 0.5) is 9.52 Å². The van der Waals surface area contributed by atoms with Crippen LogP contribution in [0, 0.1) is 5.82 Å². The lowest BCUT2D eigenvalue weighted by atomic mass is 10.2. The number of aromatic nitrogens is 2. The van der Waals surface area contributed by atoms with E-state index < -0.39 is 0 Å². The zero-order valence-electron chi connectivity index (χ0n) is 10.3. The molecule has 100 valence electrons. The standard InChI is InChI=1S/C13H14FN3OS/c14-10-3-1-9(2-4-10)7-12-15-16-13(19-12)17-6-5-11(18)8-17/h1-4,11,18H,5-8H2/t11-/m0/s1. The van der Waals surface area contributed by atoms with Gasteiger partial charge in [-0.25, -0.2) is 4.39 Å². The van der Waals surface area contributed by atoms with Crippen LogP contribution in [-0.2, 0) is 6.42 Å². The summed E-state index contributed by atoms with van der Waals surface area (Å²) in [7, 11) is 0. The third-order valence-electron chi connectivity index (χ3n) is 3.16. The van der Waals surface area contributed by atoms with E-state index in [0.29, 0.717) is 13.0 Å². The Morgan fingerprint density at radius 2 is 2.11 bits per heavy atom. The van der Waals surface area contributed by atoms with Crippen molar-refractivity contribution in [2.75, 3.05) is 18.0 Å². The molecule has 1 saturated heterocycles. The molecule has 0 saturated carbocycles. The Bertz CT molecular complexity index is 557. The molecule has 1 aromatic carbocycles. The second kappa shape index (κ2) is 5.22. The van der Waals surface area contributed by atoms with Crippen molar-refractivity contribution in [3.05, 3.63) is 40.7 Å². The number of aliphatic hydroxyl groups excluding tert-OH is 1. The summed E-state index contributed by atoms with van der Waals surface area (Å²) in [5.41, 5.74) is 1.02. The van der Waals surface area contributed by atoms with Crippen molar-refractivity contribution in [2.24, 2.45) is 0 Å². The van der Waals surface area contributed by atoms with Crippen LogP contribution in [0.3, 0.4) is 0 Å². The highest BCUT2D eigenvalue weighted by molar-refractivity contribution is 7.15. The Morgan fingerprint density at radius 3 is 2.79 bits per heavy atom. The number of aliphatic hydroxyl groups is 1. The van der Waals surface area contributed by atoms with Crippen LogP contribution in [0.1, 0.15) is 17.0 Å². The van der Waals surface area contributed by atoms with Gasteiger partial charge in [-0.1, -0.05) is 23.5 Å². The highest BCUT2D eigenvalue weighted by Gasteiger charge is 2.23. The van der Waals surface area contributed by atoms with Crippen LogP contribution < -0.4 is 4.90 Å². The van der Waals surface area contributed by atoms with Crippen molar-refractivity contribution in [1.29, 1.82) is 0 Å². The quantitative estimate of drug-likeness (QED) is 0.931. The number of β-amino-alcohol motifs (C(OH)–C–C–N with tert-alkyl or cyclic N) is 1. The van der Waals surface area contributed by atoms with E-state index in [1.807, 2.05) is 0 Å². The lowest BCUT2D eigenvalue weighted by Gasteiger charge is -2.11. The molecule has 2 heterocycles. The molecule has 1 aromatic heterocycles. The maximum atomic E-state index is 12.8. The first kappa shape index (κ1) is 12.5. The van der Waals surface area contributed by atoms with Crippen molar-refractivity contribution in [2.45, 2.75) is 18.9 Å². The molecular formula is C13H14FN3OS. The molecule has 0 bridgehead atoms. The number of nitrogens with zero attached hydrogens (tertiary/aromatic N) is 3. The van der Waals surface area contributed by atoms with Crippen molar-refractivity contribution < 1.29 is 9.50 Å². The molecule has 1 fully saturated rings. The lowest BCUT2D eigenvalue weighted by Crippen LogP contribution is -2.20. The summed E-state index contributed by atoms with van der Waals surface area (Å²) in [5, 5.41) is 19.6. The second-order valence-electron chi connectivity index (χ2n) is 4.67. The minimum Gasteiger partial charge on any atom is -0.391 e. The van der Waals surface area contributed by atoms with Gasteiger partial charge < -0.3 is 10.0 Å². The van der Waals surface area contributed by atoms with Crippen molar-refractivity contribution in [3.63, 3.8) is 0 Å². The molecule has 3 rings (SSSR count). The van der Waals surface area contributed by atoms with E-state index >= 15 is 0 Å². The molecule has 1 aliphatic rings. The predicted molar refractivity (Wildman–Crippen MR) is 72.0 cm³/mol. The van der Waals surface area contributed by atoms with E-state index in [0.717, 1.165) is 28.7 Å². The summed E-state index contributed by atoms with van der Waals surface area (Å²) in [4.78, 5) is 2.05. The van der Waals surface area contributed by atoms with Crippen LogP contribution in [0.2, 0.25) is 0 Å². The van der Waals surface area contributed by atoms with E-state index in [-0.39, 0.29) is 11.9 Å². The summed E-state index contributed by atoms with van der Waals surface area (Å²) in [6.07, 6.45) is 1.19. The van der Waals surface area contributed by atoms with Crippen LogP contribution in [0.15, 0.2) is 24.3 Å². The number of halogens is 1. The molecule has 0 spiro atoms. The summed E-state index contributed by atoms with van der Waals surface area (Å²) in [5.74, 6) is -0.229. The van der Waals surface area contributed by atoms with Gasteiger partial charge in [-0.3, -0.25) is 0 Å². The maximum absolute atomic E-state index is 12.8. The van der Waals surface area contributed by atoms with Crippen LogP contribution >= 0.6 is 11.3 Å². The SMILES string of the molecule is O[C@H]1CCN(c2nnc(Cc3ccc(F)cc3)s2)C1. The first-order chi connectivity index (χ1) is 9.20. The van der Waals surface area contributed by atoms with Crippen molar-refractivity contribution in [3.8, 4) is 0 Å². The molecule has 0 unspecified atom stereocenters. The molecular weight excluding hydrogens is 265 g/mol. The molecule has 2 aromatic rings. The van der Waals surface area contributed by atoms with E-state index in [1.165, 1.54) is 23.5 Å². The molecule has 1 atom stereocenters. The Hall–Kier alpha value is -1.53. The van der Waals surface area contributed by atoms with Crippen LogP contribution in [0.25, 0.3) is 0 Å². The molecule has 1 N–H and O–H groups in total. The first-order valence-electron chi connectivity index (χ1n) is 6.20. The number of hydrogen-bond acceptors (Lipinski definition) is 5. The van der Waals surface area contributed by atoms with Gasteiger partial charge in [-0.05, 0) is 24.1 Å². The summed E-state index contributed by atoms with van der Waals surface area (Å²) in [6, 6.07) is 6.42. The number of rotatable bonds is 3. The molecule has 0 aliphatic carbocycles. The van der Waals surface area contributed by atoms with Gasteiger partial charge in [0.1, 0.15) is 10.8 Å². The number of hydrogen-bond donors (Lipinski definition) is 1. The number of anilines is 1. The maximum Gasteiger partial charge on any atom is 0.208 e. The molecule has 0 amide bonds. The average molecular weight is 279 g/mol. The largest absolute Gasteiger partial charge is 0.391 e. The van der Waals surface area contributed by atoms with Crippen LogP contribution in [0.5, 0.6) is 0 Å². The smallest absolute Gasteiger partial charge is 0.208 e. The van der Waals surface area contributed by atoms with E-state index in [1.54, 1.807) is 12.1 Å². The summed E-state index contributed by atoms with van der Waals surface area (Å²) >= 11 is 1.53. The van der Waals surface area contributed by atoms with Gasteiger partial charge in [0.05, 0.1) is 6.10 Å². The van der Waals surface area contributed by atoms with Gasteiger partial charge in [0, 0.05) is 19.5 Å². The fourth-order valence-electron chi connectivity index (χ4n) is 2.14. The Balaban J connectivity index is 1.69. The fraction of sp³-hybridized carbons (Fsp3) is 0.385. The zero-order valence-corrected chi connectivity index (χ0v) is 11.1. The molecule has 1 aliphatic heterocycles. The highest BCUT2D eigenvalue weighted by atomic mass is 32.1. The third-order valence-corrected chi connectivity index (χ3v) is 4.14. The van der Waals surface area contributed by atoms with E-state index in [4.69, 9.17) is 0 Å². The Morgan fingerprint density at radius 1 is 1.32 bits per heavy atom. The third kappa shape index (κ3) is 2.90. The van der Waals surface area contributed by atoms with Gasteiger partial charge in [0.2, 0.25) is 5.13 Å². The van der Waals surface area contributed by atoms with Gasteiger partial charge in [-0.15, -0.1) is 10.2 Å². The van der Waals surface area contributed by atoms with Crippen molar-refractivity contribution in [1.82, 2.24) is 10.2 Å². The van der Waals surface area contributed by atoms with Crippen molar-refractivity contribution >= 4 is 16.5 Å². The second-order valence-corrected chi connectivity index (χ2v) is 5.71. The fourth-order valence-corrected chi connectivity index (χ4v) is 3.04. The predicted octanol–water partition coefficient (Wildman–Crippen LogP) is 1.84. The van der Waals surface area contributed by atoms with E-state index in [9.17, 15) is 9.50 Å². The van der Waals surface area contributed by atoms with Gasteiger partial charge in [0.25, 0.3) is 0 Å². The zero-order chi connectivity index (χ0) is 13.2. The van der Waals surface area contributed by atoms with Crippen LogP contribution in [-0.4, -0.2) is 34.5 Å². The minimum absolute atomic E-state index is 0.229. The summed E-state index contributed by atoms with van der Waals surface area (Å²) in [6.45, 7) is 1.46. The van der Waals surface area contributed by atoms with Gasteiger partial charge >= 0.3 is 0 Å². The van der Waals surface area contributed by atoms with Gasteiger partial charge in [0.15, 0.2) is 0 Å². The van der Waals surface area contributed by atoms with Gasteiger partial charge in [-0.2, -0.15) is 0 Å².